The van der Waals surface area contributed by atoms with Crippen LogP contribution in [0.1, 0.15) is 16.2 Å². The van der Waals surface area contributed by atoms with Gasteiger partial charge in [-0.2, -0.15) is 10.2 Å². The van der Waals surface area contributed by atoms with Gasteiger partial charge in [-0.05, 0) is 6.92 Å². The van der Waals surface area contributed by atoms with Gasteiger partial charge in [0, 0.05) is 5.56 Å². The minimum absolute atomic E-state index is 0.166. The molecule has 14 heavy (non-hydrogen) atoms. The molecule has 2 aromatic rings. The molecule has 0 saturated carbocycles. The van der Waals surface area contributed by atoms with Crippen LogP contribution in [0.25, 0.3) is 0 Å². The Kier molecular flexibility index (Phi) is 1.98. The highest BCUT2D eigenvalue weighted by Crippen LogP contribution is 2.08. The summed E-state index contributed by atoms with van der Waals surface area (Å²) in [4.78, 5) is 15.1. The minimum Gasteiger partial charge on any atom is -0.304 e. The fourth-order valence-corrected chi connectivity index (χ4v) is 0.961. The van der Waals surface area contributed by atoms with Crippen molar-refractivity contribution in [1.82, 2.24) is 25.4 Å². The molecule has 7 nitrogen and oxygen atoms in total. The van der Waals surface area contributed by atoms with Gasteiger partial charge in [0.1, 0.15) is 12.1 Å². The van der Waals surface area contributed by atoms with Crippen LogP contribution in [0.4, 0.5) is 5.82 Å². The molecular weight excluding hydrogens is 184 g/mol. The van der Waals surface area contributed by atoms with Crippen molar-refractivity contribution >= 4 is 11.7 Å². The van der Waals surface area contributed by atoms with E-state index < -0.39 is 0 Å². The summed E-state index contributed by atoms with van der Waals surface area (Å²) in [6.45, 7) is 1.83. The number of carbonyl (C=O) groups excluding carboxylic acids is 1. The third-order valence-electron chi connectivity index (χ3n) is 1.70. The highest BCUT2D eigenvalue weighted by atomic mass is 16.2. The number of amides is 1. The fraction of sp³-hybridized carbons (Fsp3) is 0.143. The predicted octanol–water partition coefficient (Wildman–Crippen LogP) is 0.0885. The van der Waals surface area contributed by atoms with Crippen molar-refractivity contribution in [2.24, 2.45) is 0 Å². The number of rotatable bonds is 2. The van der Waals surface area contributed by atoms with Gasteiger partial charge in [0.25, 0.3) is 5.91 Å². The van der Waals surface area contributed by atoms with E-state index in [1.54, 1.807) is 6.20 Å². The molecule has 0 saturated heterocycles. The molecule has 0 aliphatic carbocycles. The lowest BCUT2D eigenvalue weighted by molar-refractivity contribution is 0.101. The topological polar surface area (TPSA) is 99.3 Å². The van der Waals surface area contributed by atoms with Crippen LogP contribution in [0.5, 0.6) is 0 Å². The SMILES string of the molecule is Cc1cn[nH]c1NC(=O)c1ncn[nH]1. The average molecular weight is 192 g/mol. The van der Waals surface area contributed by atoms with Crippen molar-refractivity contribution in [3.8, 4) is 0 Å². The van der Waals surface area contributed by atoms with Crippen molar-refractivity contribution in [3.05, 3.63) is 23.9 Å². The van der Waals surface area contributed by atoms with Gasteiger partial charge in [0.05, 0.1) is 6.20 Å². The van der Waals surface area contributed by atoms with Crippen molar-refractivity contribution in [3.63, 3.8) is 0 Å². The number of anilines is 1. The average Bonchev–Trinajstić information content (AvgIpc) is 2.77. The Morgan fingerprint density at radius 1 is 1.43 bits per heavy atom. The quantitative estimate of drug-likeness (QED) is 0.627. The maximum atomic E-state index is 11.4. The molecule has 0 spiro atoms. The van der Waals surface area contributed by atoms with E-state index in [9.17, 15) is 4.79 Å². The van der Waals surface area contributed by atoms with Crippen LogP contribution in [0, 0.1) is 6.92 Å². The second-order valence-electron chi connectivity index (χ2n) is 2.72. The maximum absolute atomic E-state index is 11.4. The predicted molar refractivity (Wildman–Crippen MR) is 47.7 cm³/mol. The monoisotopic (exact) mass is 192 g/mol. The molecule has 3 N–H and O–H groups in total. The van der Waals surface area contributed by atoms with E-state index in [1.165, 1.54) is 6.33 Å². The molecule has 72 valence electrons. The molecule has 0 unspecified atom stereocenters. The van der Waals surface area contributed by atoms with Crippen LogP contribution in [0.15, 0.2) is 12.5 Å². The van der Waals surface area contributed by atoms with Crippen molar-refractivity contribution in [2.75, 3.05) is 5.32 Å². The van der Waals surface area contributed by atoms with Crippen molar-refractivity contribution in [1.29, 1.82) is 0 Å². The molecule has 1 amide bonds. The van der Waals surface area contributed by atoms with Crippen molar-refractivity contribution in [2.45, 2.75) is 6.92 Å². The van der Waals surface area contributed by atoms with E-state index in [4.69, 9.17) is 0 Å². The molecule has 0 atom stereocenters. The summed E-state index contributed by atoms with van der Waals surface area (Å²) < 4.78 is 0. The number of H-pyrrole nitrogens is 2. The van der Waals surface area contributed by atoms with Gasteiger partial charge in [-0.1, -0.05) is 0 Å². The van der Waals surface area contributed by atoms with Gasteiger partial charge in [-0.15, -0.1) is 0 Å². The lowest BCUT2D eigenvalue weighted by Gasteiger charge is -1.99. The van der Waals surface area contributed by atoms with Crippen LogP contribution < -0.4 is 5.32 Å². The second-order valence-corrected chi connectivity index (χ2v) is 2.72. The molecule has 0 fully saturated rings. The van der Waals surface area contributed by atoms with Crippen molar-refractivity contribution < 1.29 is 4.79 Å². The number of hydrogen-bond donors (Lipinski definition) is 3. The standard InChI is InChI=1S/C7H8N6O/c1-4-2-9-12-5(4)11-7(14)6-8-3-10-13-6/h2-3H,1H3,(H,8,10,13)(H2,9,11,12,14). The Hall–Kier alpha value is -2.18. The van der Waals surface area contributed by atoms with E-state index in [1.807, 2.05) is 6.92 Å². The van der Waals surface area contributed by atoms with E-state index in [2.05, 4.69) is 30.7 Å². The Balaban J connectivity index is 2.13. The molecule has 2 aromatic heterocycles. The minimum atomic E-state index is -0.352. The first-order chi connectivity index (χ1) is 6.77. The summed E-state index contributed by atoms with van der Waals surface area (Å²) in [5.74, 6) is 0.375. The van der Waals surface area contributed by atoms with Gasteiger partial charge in [0.15, 0.2) is 0 Å². The molecule has 0 aromatic carbocycles. The number of nitrogens with zero attached hydrogens (tertiary/aromatic N) is 3. The molecule has 0 aliphatic rings. The molecule has 0 radical (unpaired) electrons. The van der Waals surface area contributed by atoms with Crippen LogP contribution in [0.3, 0.4) is 0 Å². The van der Waals surface area contributed by atoms with Gasteiger partial charge >= 0.3 is 0 Å². The normalized spacial score (nSPS) is 10.1. The maximum Gasteiger partial charge on any atom is 0.294 e. The Morgan fingerprint density at radius 2 is 2.29 bits per heavy atom. The summed E-state index contributed by atoms with van der Waals surface area (Å²) in [6, 6.07) is 0. The Morgan fingerprint density at radius 3 is 2.86 bits per heavy atom. The highest BCUT2D eigenvalue weighted by molar-refractivity contribution is 6.01. The lowest BCUT2D eigenvalue weighted by Crippen LogP contribution is -2.14. The summed E-state index contributed by atoms with van der Waals surface area (Å²) in [6.07, 6.45) is 2.89. The summed E-state index contributed by atoms with van der Waals surface area (Å²) in [7, 11) is 0. The fourth-order valence-electron chi connectivity index (χ4n) is 0.961. The molecular formula is C7H8N6O. The van der Waals surface area contributed by atoms with Gasteiger partial charge in [0.2, 0.25) is 5.82 Å². The summed E-state index contributed by atoms with van der Waals surface area (Å²) >= 11 is 0. The summed E-state index contributed by atoms with van der Waals surface area (Å²) in [5, 5.41) is 15.1. The zero-order valence-electron chi connectivity index (χ0n) is 7.40. The molecule has 7 heteroatoms. The molecule has 0 aliphatic heterocycles. The number of carbonyl (C=O) groups is 1. The van der Waals surface area contributed by atoms with E-state index in [0.717, 1.165) is 5.56 Å². The largest absolute Gasteiger partial charge is 0.304 e. The number of nitrogens with one attached hydrogen (secondary N) is 3. The van der Waals surface area contributed by atoms with E-state index >= 15 is 0 Å². The number of hydrogen-bond acceptors (Lipinski definition) is 4. The smallest absolute Gasteiger partial charge is 0.294 e. The lowest BCUT2D eigenvalue weighted by atomic mass is 10.4. The number of aromatic amines is 2. The van der Waals surface area contributed by atoms with Crippen LogP contribution in [-0.2, 0) is 0 Å². The third kappa shape index (κ3) is 1.47. The molecule has 0 bridgehead atoms. The van der Waals surface area contributed by atoms with Gasteiger partial charge in [-0.25, -0.2) is 4.98 Å². The zero-order valence-corrected chi connectivity index (χ0v) is 7.40. The van der Waals surface area contributed by atoms with E-state index in [-0.39, 0.29) is 11.7 Å². The first kappa shape index (κ1) is 8.42. The van der Waals surface area contributed by atoms with E-state index in [0.29, 0.717) is 5.82 Å². The number of aromatic nitrogens is 5. The van der Waals surface area contributed by atoms with Crippen LogP contribution >= 0.6 is 0 Å². The first-order valence-corrected chi connectivity index (χ1v) is 3.94. The first-order valence-electron chi connectivity index (χ1n) is 3.94. The Labute approximate surface area is 78.9 Å². The Bertz CT molecular complexity index is 431. The highest BCUT2D eigenvalue weighted by Gasteiger charge is 2.10. The number of aryl methyl sites for hydroxylation is 1. The van der Waals surface area contributed by atoms with Crippen LogP contribution in [0.2, 0.25) is 0 Å². The zero-order chi connectivity index (χ0) is 9.97. The third-order valence-corrected chi connectivity index (χ3v) is 1.70. The molecule has 2 heterocycles. The van der Waals surface area contributed by atoms with Crippen LogP contribution in [-0.4, -0.2) is 31.3 Å². The second kappa shape index (κ2) is 3.29. The molecule has 2 rings (SSSR count). The summed E-state index contributed by atoms with van der Waals surface area (Å²) in [5.41, 5.74) is 0.859. The van der Waals surface area contributed by atoms with Gasteiger partial charge < -0.3 is 5.32 Å². The van der Waals surface area contributed by atoms with Gasteiger partial charge in [-0.3, -0.25) is 15.0 Å².